The number of H-pyrrole nitrogens is 1. The lowest BCUT2D eigenvalue weighted by atomic mass is 10.0. The molecule has 7 heteroatoms. The zero-order valence-electron chi connectivity index (χ0n) is 15.1. The van der Waals surface area contributed by atoms with Gasteiger partial charge in [-0.15, -0.1) is 0 Å². The van der Waals surface area contributed by atoms with Gasteiger partial charge >= 0.3 is 0 Å². The number of amides is 1. The third-order valence-electron chi connectivity index (χ3n) is 4.75. The number of carbonyl (C=O) groups excluding carboxylic acids is 1. The van der Waals surface area contributed by atoms with Crippen molar-refractivity contribution in [2.75, 3.05) is 5.32 Å². The Bertz CT molecular complexity index is 903. The monoisotopic (exact) mass is 366 g/mol. The maximum absolute atomic E-state index is 12.1. The van der Waals surface area contributed by atoms with Gasteiger partial charge in [-0.2, -0.15) is 5.10 Å². The molecule has 2 N–H and O–H groups in total. The van der Waals surface area contributed by atoms with Crippen molar-refractivity contribution in [3.8, 4) is 5.75 Å². The minimum absolute atomic E-state index is 0.138. The van der Waals surface area contributed by atoms with E-state index in [1.54, 1.807) is 6.07 Å². The van der Waals surface area contributed by atoms with Crippen LogP contribution in [-0.2, 0) is 11.2 Å². The molecule has 1 fully saturated rings. The lowest BCUT2D eigenvalue weighted by Gasteiger charge is -2.13. The van der Waals surface area contributed by atoms with E-state index in [0.29, 0.717) is 17.5 Å². The molecule has 0 bridgehead atoms. The number of ether oxygens (including phenoxy) is 1. The van der Waals surface area contributed by atoms with E-state index in [9.17, 15) is 4.79 Å². The van der Waals surface area contributed by atoms with Crippen LogP contribution in [0.4, 0.5) is 5.82 Å². The van der Waals surface area contributed by atoms with Gasteiger partial charge in [0.25, 0.3) is 0 Å². The molecular weight excluding hydrogens is 344 g/mol. The maximum Gasteiger partial charge on any atom is 0.233 e. The minimum atomic E-state index is -0.180. The van der Waals surface area contributed by atoms with Crippen LogP contribution >= 0.6 is 0 Å². The third kappa shape index (κ3) is 4.36. The Morgan fingerprint density at radius 2 is 2.15 bits per heavy atom. The number of aromatic amines is 1. The Morgan fingerprint density at radius 3 is 2.93 bits per heavy atom. The molecule has 0 saturated heterocycles. The van der Waals surface area contributed by atoms with Crippen molar-refractivity contribution in [1.82, 2.24) is 15.4 Å². The lowest BCUT2D eigenvalue weighted by Crippen LogP contribution is -2.14. The molecule has 3 aromatic rings. The summed E-state index contributed by atoms with van der Waals surface area (Å²) in [4.78, 5) is 12.1. The molecule has 1 amide bonds. The second-order valence-corrected chi connectivity index (χ2v) is 6.93. The molecule has 0 radical (unpaired) electrons. The van der Waals surface area contributed by atoms with Gasteiger partial charge in [0.2, 0.25) is 5.91 Å². The Morgan fingerprint density at radius 1 is 1.30 bits per heavy atom. The van der Waals surface area contributed by atoms with Crippen molar-refractivity contribution < 1.29 is 14.1 Å². The van der Waals surface area contributed by atoms with Crippen molar-refractivity contribution in [3.05, 3.63) is 59.6 Å². The van der Waals surface area contributed by atoms with Crippen LogP contribution in [0, 0.1) is 6.92 Å². The zero-order chi connectivity index (χ0) is 18.6. The first-order valence-corrected chi connectivity index (χ1v) is 9.15. The van der Waals surface area contributed by atoms with Crippen molar-refractivity contribution in [2.24, 2.45) is 0 Å². The second-order valence-electron chi connectivity index (χ2n) is 6.93. The highest BCUT2D eigenvalue weighted by Crippen LogP contribution is 2.36. The van der Waals surface area contributed by atoms with E-state index in [1.807, 2.05) is 43.3 Å². The summed E-state index contributed by atoms with van der Waals surface area (Å²) in [7, 11) is 0. The number of anilines is 1. The number of benzene rings is 1. The molecule has 7 nitrogen and oxygen atoms in total. The first kappa shape index (κ1) is 17.3. The Hall–Kier alpha value is -3.09. The van der Waals surface area contributed by atoms with E-state index in [2.05, 4.69) is 20.7 Å². The van der Waals surface area contributed by atoms with Gasteiger partial charge in [-0.1, -0.05) is 23.4 Å². The average Bonchev–Trinajstić information content (AvgIpc) is 3.38. The highest BCUT2D eigenvalue weighted by atomic mass is 16.5. The molecule has 0 spiro atoms. The van der Waals surface area contributed by atoms with Crippen molar-refractivity contribution in [3.63, 3.8) is 0 Å². The second kappa shape index (κ2) is 7.65. The molecule has 2 heterocycles. The molecule has 27 heavy (non-hydrogen) atoms. The van der Waals surface area contributed by atoms with Gasteiger partial charge in [0, 0.05) is 23.7 Å². The summed E-state index contributed by atoms with van der Waals surface area (Å²) in [6, 6.07) is 13.5. The molecule has 1 aliphatic carbocycles. The normalized spacial score (nSPS) is 19.1. The smallest absolute Gasteiger partial charge is 0.233 e. The van der Waals surface area contributed by atoms with Crippen molar-refractivity contribution in [1.29, 1.82) is 0 Å². The van der Waals surface area contributed by atoms with E-state index >= 15 is 0 Å². The maximum atomic E-state index is 12.1. The van der Waals surface area contributed by atoms with Crippen LogP contribution in [0.5, 0.6) is 5.75 Å². The number of para-hydroxylation sites is 1. The quantitative estimate of drug-likeness (QED) is 0.695. The summed E-state index contributed by atoms with van der Waals surface area (Å²) in [5.41, 5.74) is 1.79. The van der Waals surface area contributed by atoms with E-state index in [1.165, 1.54) is 0 Å². The third-order valence-corrected chi connectivity index (χ3v) is 4.75. The van der Waals surface area contributed by atoms with Gasteiger partial charge in [-0.05, 0) is 38.3 Å². The van der Waals surface area contributed by atoms with Crippen LogP contribution in [-0.4, -0.2) is 27.4 Å². The number of hydrogen-bond acceptors (Lipinski definition) is 5. The summed E-state index contributed by atoms with van der Waals surface area (Å²) in [6.07, 6.45) is 3.31. The first-order valence-electron chi connectivity index (χ1n) is 9.15. The molecule has 2 atom stereocenters. The fourth-order valence-electron chi connectivity index (χ4n) is 3.48. The summed E-state index contributed by atoms with van der Waals surface area (Å²) in [5.74, 6) is 2.15. The summed E-state index contributed by atoms with van der Waals surface area (Å²) in [6.45, 7) is 1.82. The fourth-order valence-corrected chi connectivity index (χ4v) is 3.48. The molecule has 0 aliphatic heterocycles. The lowest BCUT2D eigenvalue weighted by molar-refractivity contribution is -0.115. The van der Waals surface area contributed by atoms with Gasteiger partial charge < -0.3 is 14.6 Å². The highest BCUT2D eigenvalue weighted by molar-refractivity contribution is 5.91. The largest absolute Gasteiger partial charge is 0.490 e. The van der Waals surface area contributed by atoms with Crippen LogP contribution in [0.2, 0.25) is 0 Å². The molecule has 2 aromatic heterocycles. The first-order chi connectivity index (χ1) is 13.2. The average molecular weight is 366 g/mol. The number of nitrogens with zero attached hydrogens (tertiary/aromatic N) is 2. The standard InChI is InChI=1S/C20H22N4O3/c1-13-9-17(27-24-13)11-20(25)21-19-12-18(22-23-19)14-7-8-16(10-14)26-15-5-3-2-4-6-15/h2-6,9,12,14,16H,7-8,10-11H2,1H3,(H2,21,22,23,25)/t14-,16+/m0/s1. The molecule has 140 valence electrons. The Balaban J connectivity index is 1.31. The molecule has 4 rings (SSSR count). The van der Waals surface area contributed by atoms with Crippen LogP contribution in [0.3, 0.4) is 0 Å². The van der Waals surface area contributed by atoms with E-state index in [-0.39, 0.29) is 18.4 Å². The summed E-state index contributed by atoms with van der Waals surface area (Å²) < 4.78 is 11.1. The number of rotatable bonds is 6. The predicted molar refractivity (Wildman–Crippen MR) is 99.6 cm³/mol. The molecule has 0 unspecified atom stereocenters. The topological polar surface area (TPSA) is 93.0 Å². The number of aryl methyl sites for hydroxylation is 1. The Labute approximate surface area is 157 Å². The van der Waals surface area contributed by atoms with Gasteiger partial charge in [0.15, 0.2) is 5.82 Å². The number of hydrogen-bond donors (Lipinski definition) is 2. The SMILES string of the molecule is Cc1cc(CC(=O)Nc2cc([C@H]3CC[C@@H](Oc4ccccc4)C3)[nH]n2)on1. The molecule has 1 aromatic carbocycles. The zero-order valence-corrected chi connectivity index (χ0v) is 15.1. The van der Waals surface area contributed by atoms with Crippen molar-refractivity contribution >= 4 is 11.7 Å². The molecule has 1 saturated carbocycles. The van der Waals surface area contributed by atoms with Gasteiger partial charge in [0.1, 0.15) is 11.5 Å². The highest BCUT2D eigenvalue weighted by Gasteiger charge is 2.28. The van der Waals surface area contributed by atoms with Gasteiger partial charge in [-0.3, -0.25) is 9.89 Å². The summed E-state index contributed by atoms with van der Waals surface area (Å²) >= 11 is 0. The number of carbonyl (C=O) groups is 1. The van der Waals surface area contributed by atoms with Crippen molar-refractivity contribution in [2.45, 2.75) is 44.6 Å². The van der Waals surface area contributed by atoms with E-state index in [4.69, 9.17) is 9.26 Å². The van der Waals surface area contributed by atoms with E-state index in [0.717, 1.165) is 36.4 Å². The van der Waals surface area contributed by atoms with Crippen LogP contribution in [0.15, 0.2) is 47.0 Å². The van der Waals surface area contributed by atoms with Crippen LogP contribution in [0.25, 0.3) is 0 Å². The van der Waals surface area contributed by atoms with Gasteiger partial charge in [-0.25, -0.2) is 0 Å². The predicted octanol–water partition coefficient (Wildman–Crippen LogP) is 3.60. The molecular formula is C20H22N4O3. The minimum Gasteiger partial charge on any atom is -0.490 e. The molecule has 1 aliphatic rings. The van der Waals surface area contributed by atoms with Crippen LogP contribution < -0.4 is 10.1 Å². The fraction of sp³-hybridized carbons (Fsp3) is 0.350. The number of aromatic nitrogens is 3. The van der Waals surface area contributed by atoms with Gasteiger partial charge in [0.05, 0.1) is 18.2 Å². The van der Waals surface area contributed by atoms with Crippen LogP contribution in [0.1, 0.15) is 42.3 Å². The summed E-state index contributed by atoms with van der Waals surface area (Å²) in [5, 5.41) is 13.8. The number of nitrogens with one attached hydrogen (secondary N) is 2. The Kier molecular flexibility index (Phi) is 4.91. The van der Waals surface area contributed by atoms with E-state index < -0.39 is 0 Å².